The van der Waals surface area contributed by atoms with Crippen LogP contribution < -0.4 is 9.47 Å². The maximum atomic E-state index is 11.2. The van der Waals surface area contributed by atoms with E-state index in [1.54, 1.807) is 31.6 Å². The van der Waals surface area contributed by atoms with Gasteiger partial charge in [0.05, 0.1) is 14.2 Å². The fourth-order valence-electron chi connectivity index (χ4n) is 2.84. The summed E-state index contributed by atoms with van der Waals surface area (Å²) in [6.45, 7) is 4.32. The molecular weight excluding hydrogens is 370 g/mol. The van der Waals surface area contributed by atoms with E-state index in [2.05, 4.69) is 22.7 Å². The van der Waals surface area contributed by atoms with E-state index < -0.39 is 5.97 Å². The van der Waals surface area contributed by atoms with Crippen LogP contribution in [0.15, 0.2) is 53.2 Å². The predicted molar refractivity (Wildman–Crippen MR) is 110 cm³/mol. The highest BCUT2D eigenvalue weighted by molar-refractivity contribution is 5.87. The molecule has 6 nitrogen and oxygen atoms in total. The van der Waals surface area contributed by atoms with Crippen LogP contribution >= 0.6 is 0 Å². The van der Waals surface area contributed by atoms with Crippen molar-refractivity contribution in [3.05, 3.63) is 71.1 Å². The maximum Gasteiger partial charge on any atom is 0.330 e. The number of methoxy groups -OCH3 is 2. The molecule has 29 heavy (non-hydrogen) atoms. The Hall–Kier alpha value is -3.54. The van der Waals surface area contributed by atoms with Gasteiger partial charge in [-0.1, -0.05) is 23.8 Å². The van der Waals surface area contributed by atoms with Crippen molar-refractivity contribution in [2.75, 3.05) is 14.2 Å². The molecule has 0 atom stereocenters. The minimum Gasteiger partial charge on any atom is -0.493 e. The predicted octanol–water partition coefficient (Wildman–Crippen LogP) is 4.73. The van der Waals surface area contributed by atoms with Crippen molar-refractivity contribution < 1.29 is 23.4 Å². The summed E-state index contributed by atoms with van der Waals surface area (Å²) in [4.78, 5) is 15.7. The lowest BCUT2D eigenvalue weighted by Gasteiger charge is -2.10. The Morgan fingerprint density at radius 3 is 2.66 bits per heavy atom. The van der Waals surface area contributed by atoms with Crippen LogP contribution in [0.5, 0.6) is 11.5 Å². The van der Waals surface area contributed by atoms with Gasteiger partial charge in [-0.2, -0.15) is 0 Å². The van der Waals surface area contributed by atoms with E-state index in [1.807, 2.05) is 25.1 Å². The Labute approximate surface area is 169 Å². The highest BCUT2D eigenvalue weighted by atomic mass is 16.5. The molecule has 3 rings (SSSR count). The lowest BCUT2D eigenvalue weighted by molar-refractivity contribution is -0.134. The van der Waals surface area contributed by atoms with Gasteiger partial charge in [0.25, 0.3) is 0 Å². The van der Waals surface area contributed by atoms with Crippen LogP contribution in [0.2, 0.25) is 0 Å². The third kappa shape index (κ3) is 5.04. The Morgan fingerprint density at radius 2 is 1.93 bits per heavy atom. The zero-order chi connectivity index (χ0) is 20.8. The standard InChI is InChI=1S/C23H23NO5/c1-15-5-8-19(16(2)11-15)23-24-18(14-29-23)13-28-20-9-6-17(12-21(20)26-3)7-10-22(25)27-4/h5-12,14H,13H2,1-4H3. The smallest absolute Gasteiger partial charge is 0.330 e. The van der Waals surface area contributed by atoms with Gasteiger partial charge in [0, 0.05) is 11.6 Å². The highest BCUT2D eigenvalue weighted by Crippen LogP contribution is 2.30. The summed E-state index contributed by atoms with van der Waals surface area (Å²) < 4.78 is 21.5. The lowest BCUT2D eigenvalue weighted by atomic mass is 10.1. The number of carbonyl (C=O) groups is 1. The van der Waals surface area contributed by atoms with Gasteiger partial charge in [-0.25, -0.2) is 9.78 Å². The van der Waals surface area contributed by atoms with Crippen LogP contribution in [0.1, 0.15) is 22.4 Å². The van der Waals surface area contributed by atoms with Crippen molar-refractivity contribution in [2.45, 2.75) is 20.5 Å². The largest absolute Gasteiger partial charge is 0.493 e. The first-order valence-corrected chi connectivity index (χ1v) is 9.09. The third-order valence-corrected chi connectivity index (χ3v) is 4.34. The molecule has 0 spiro atoms. The number of hydrogen-bond donors (Lipinski definition) is 0. The molecule has 0 saturated carbocycles. The van der Waals surface area contributed by atoms with Gasteiger partial charge >= 0.3 is 5.97 Å². The van der Waals surface area contributed by atoms with Crippen molar-refractivity contribution in [3.63, 3.8) is 0 Å². The van der Waals surface area contributed by atoms with Crippen molar-refractivity contribution in [2.24, 2.45) is 0 Å². The third-order valence-electron chi connectivity index (χ3n) is 4.34. The first-order chi connectivity index (χ1) is 14.0. The summed E-state index contributed by atoms with van der Waals surface area (Å²) in [6, 6.07) is 11.5. The summed E-state index contributed by atoms with van der Waals surface area (Å²) in [6.07, 6.45) is 4.58. The quantitative estimate of drug-likeness (QED) is 0.427. The average Bonchev–Trinajstić information content (AvgIpc) is 3.19. The van der Waals surface area contributed by atoms with E-state index in [-0.39, 0.29) is 6.61 Å². The maximum absolute atomic E-state index is 11.2. The lowest BCUT2D eigenvalue weighted by Crippen LogP contribution is -1.98. The number of carbonyl (C=O) groups excluding carboxylic acids is 1. The van der Waals surface area contributed by atoms with Gasteiger partial charge < -0.3 is 18.6 Å². The number of hydrogen-bond acceptors (Lipinski definition) is 6. The molecule has 0 radical (unpaired) electrons. The summed E-state index contributed by atoms with van der Waals surface area (Å²) in [7, 11) is 2.89. The zero-order valence-corrected chi connectivity index (χ0v) is 16.9. The number of nitrogens with zero attached hydrogens (tertiary/aromatic N) is 1. The molecule has 150 valence electrons. The summed E-state index contributed by atoms with van der Waals surface area (Å²) in [5.41, 5.74) is 4.73. The van der Waals surface area contributed by atoms with Gasteiger partial charge in [0.15, 0.2) is 11.5 Å². The zero-order valence-electron chi connectivity index (χ0n) is 16.9. The topological polar surface area (TPSA) is 70.8 Å². The first-order valence-electron chi connectivity index (χ1n) is 9.09. The Bertz CT molecular complexity index is 1040. The Morgan fingerprint density at radius 1 is 1.10 bits per heavy atom. The van der Waals surface area contributed by atoms with Crippen LogP contribution in [0.3, 0.4) is 0 Å². The molecule has 0 N–H and O–H groups in total. The average molecular weight is 393 g/mol. The van der Waals surface area contributed by atoms with Gasteiger partial charge in [-0.3, -0.25) is 0 Å². The highest BCUT2D eigenvalue weighted by Gasteiger charge is 2.11. The minimum atomic E-state index is -0.421. The second-order valence-corrected chi connectivity index (χ2v) is 6.52. The number of aryl methyl sites for hydroxylation is 2. The van der Waals surface area contributed by atoms with E-state index in [9.17, 15) is 4.79 Å². The Kier molecular flexibility index (Phi) is 6.34. The number of benzene rings is 2. The van der Waals surface area contributed by atoms with Crippen molar-refractivity contribution in [3.8, 4) is 23.0 Å². The normalized spacial score (nSPS) is 10.9. The molecular formula is C23H23NO5. The second-order valence-electron chi connectivity index (χ2n) is 6.52. The molecule has 0 fully saturated rings. The fourth-order valence-corrected chi connectivity index (χ4v) is 2.84. The van der Waals surface area contributed by atoms with Crippen LogP contribution in [-0.4, -0.2) is 25.2 Å². The molecule has 0 bridgehead atoms. The number of esters is 1. The van der Waals surface area contributed by atoms with E-state index in [0.717, 1.165) is 16.7 Å². The minimum absolute atomic E-state index is 0.238. The van der Waals surface area contributed by atoms with Gasteiger partial charge in [-0.05, 0) is 49.2 Å². The van der Waals surface area contributed by atoms with Crippen LogP contribution in [0.25, 0.3) is 17.5 Å². The molecule has 0 aliphatic rings. The molecule has 2 aromatic carbocycles. The van der Waals surface area contributed by atoms with Crippen molar-refractivity contribution >= 4 is 12.0 Å². The molecule has 1 aromatic heterocycles. The molecule has 0 aliphatic carbocycles. The number of rotatable bonds is 7. The van der Waals surface area contributed by atoms with Crippen LogP contribution in [0, 0.1) is 13.8 Å². The van der Waals surface area contributed by atoms with Crippen LogP contribution in [-0.2, 0) is 16.1 Å². The fraction of sp³-hybridized carbons (Fsp3) is 0.217. The molecule has 0 aliphatic heterocycles. The van der Waals surface area contributed by atoms with Gasteiger partial charge in [0.1, 0.15) is 18.6 Å². The molecule has 6 heteroatoms. The van der Waals surface area contributed by atoms with E-state index >= 15 is 0 Å². The molecule has 0 amide bonds. The molecule has 3 aromatic rings. The summed E-state index contributed by atoms with van der Waals surface area (Å²) in [5, 5.41) is 0. The van der Waals surface area contributed by atoms with Crippen molar-refractivity contribution in [1.29, 1.82) is 0 Å². The second kappa shape index (κ2) is 9.10. The van der Waals surface area contributed by atoms with Crippen LogP contribution in [0.4, 0.5) is 0 Å². The first kappa shape index (κ1) is 20.2. The number of oxazole rings is 1. The van der Waals surface area contributed by atoms with Gasteiger partial charge in [0.2, 0.25) is 5.89 Å². The summed E-state index contributed by atoms with van der Waals surface area (Å²) in [5.74, 6) is 1.26. The van der Waals surface area contributed by atoms with Gasteiger partial charge in [-0.15, -0.1) is 0 Å². The van der Waals surface area contributed by atoms with E-state index in [0.29, 0.717) is 23.1 Å². The Balaban J connectivity index is 1.70. The van der Waals surface area contributed by atoms with E-state index in [4.69, 9.17) is 13.9 Å². The SMILES string of the molecule is COC(=O)C=Cc1ccc(OCc2coc(-c3ccc(C)cc3C)n2)c(OC)c1. The number of ether oxygens (including phenoxy) is 3. The molecule has 0 saturated heterocycles. The number of aromatic nitrogens is 1. The van der Waals surface area contributed by atoms with Crippen molar-refractivity contribution in [1.82, 2.24) is 4.98 Å². The summed E-state index contributed by atoms with van der Waals surface area (Å²) >= 11 is 0. The monoisotopic (exact) mass is 393 g/mol. The molecule has 1 heterocycles. The van der Waals surface area contributed by atoms with E-state index in [1.165, 1.54) is 18.7 Å². The molecule has 0 unspecified atom stereocenters.